The molecule has 0 fully saturated rings. The lowest BCUT2D eigenvalue weighted by Gasteiger charge is -2.30. The van der Waals surface area contributed by atoms with Gasteiger partial charge in [-0.3, -0.25) is 0 Å². The first-order chi connectivity index (χ1) is 5.74. The van der Waals surface area contributed by atoms with Crippen molar-refractivity contribution in [2.24, 2.45) is 5.41 Å². The largest absolute Gasteiger partial charge is 0.127 e. The van der Waals surface area contributed by atoms with Crippen molar-refractivity contribution >= 4 is 34.8 Å². The van der Waals surface area contributed by atoms with Crippen molar-refractivity contribution in [3.8, 4) is 0 Å². The summed E-state index contributed by atoms with van der Waals surface area (Å²) < 4.78 is 0. The van der Waals surface area contributed by atoms with E-state index in [1.807, 2.05) is 0 Å². The highest BCUT2D eigenvalue weighted by Gasteiger charge is 2.25. The van der Waals surface area contributed by atoms with Crippen molar-refractivity contribution in [2.45, 2.75) is 32.6 Å². The summed E-state index contributed by atoms with van der Waals surface area (Å²) in [6.45, 7) is 2.19. The predicted molar refractivity (Wildman–Crippen MR) is 58.7 cm³/mol. The lowest BCUT2D eigenvalue weighted by atomic mass is 9.77. The summed E-state index contributed by atoms with van der Waals surface area (Å²) in [5, 5.41) is 0. The van der Waals surface area contributed by atoms with E-state index in [1.165, 1.54) is 0 Å². The van der Waals surface area contributed by atoms with Crippen LogP contribution in [0.5, 0.6) is 0 Å². The van der Waals surface area contributed by atoms with Gasteiger partial charge in [0.25, 0.3) is 0 Å². The molecular formula is C9H17Cl3. The second kappa shape index (κ2) is 7.29. The number of rotatable bonds is 7. The Morgan fingerprint density at radius 1 is 0.833 bits per heavy atom. The third-order valence-corrected chi connectivity index (χ3v) is 3.19. The summed E-state index contributed by atoms with van der Waals surface area (Å²) >= 11 is 17.2. The van der Waals surface area contributed by atoms with Gasteiger partial charge < -0.3 is 0 Å². The fraction of sp³-hybridized carbons (Fsp3) is 1.00. The fourth-order valence-corrected chi connectivity index (χ4v) is 2.71. The van der Waals surface area contributed by atoms with Gasteiger partial charge in [-0.05, 0) is 24.7 Å². The van der Waals surface area contributed by atoms with E-state index in [1.54, 1.807) is 0 Å². The Labute approximate surface area is 90.6 Å². The predicted octanol–water partition coefficient (Wildman–Crippen LogP) is 4.27. The van der Waals surface area contributed by atoms with Gasteiger partial charge in [-0.25, -0.2) is 0 Å². The zero-order valence-corrected chi connectivity index (χ0v) is 9.85. The van der Waals surface area contributed by atoms with Gasteiger partial charge >= 0.3 is 0 Å². The number of halogens is 3. The molecule has 0 aromatic heterocycles. The van der Waals surface area contributed by atoms with Crippen LogP contribution in [0.4, 0.5) is 0 Å². The van der Waals surface area contributed by atoms with Crippen LogP contribution in [0.15, 0.2) is 0 Å². The Balaban J connectivity index is 4.06. The highest BCUT2D eigenvalue weighted by atomic mass is 35.5. The molecule has 0 nitrogen and oxygen atoms in total. The summed E-state index contributed by atoms with van der Waals surface area (Å²) in [6, 6.07) is 0. The van der Waals surface area contributed by atoms with E-state index in [2.05, 4.69) is 6.92 Å². The van der Waals surface area contributed by atoms with Crippen LogP contribution >= 0.6 is 34.8 Å². The van der Waals surface area contributed by atoms with E-state index in [0.717, 1.165) is 25.7 Å². The first-order valence-electron chi connectivity index (χ1n) is 4.42. The topological polar surface area (TPSA) is 0 Å². The van der Waals surface area contributed by atoms with Crippen LogP contribution in [0.2, 0.25) is 0 Å². The summed E-state index contributed by atoms with van der Waals surface area (Å²) in [5.74, 6) is 2.13. The minimum absolute atomic E-state index is 0.297. The quantitative estimate of drug-likeness (QED) is 0.574. The fourth-order valence-electron chi connectivity index (χ4n) is 1.51. The maximum absolute atomic E-state index is 5.75. The van der Waals surface area contributed by atoms with Gasteiger partial charge in [0.2, 0.25) is 0 Å². The second-order valence-electron chi connectivity index (χ2n) is 3.17. The Hall–Kier alpha value is 0.870. The molecular weight excluding hydrogens is 214 g/mol. The van der Waals surface area contributed by atoms with Gasteiger partial charge in [0, 0.05) is 17.6 Å². The normalized spacial score (nSPS) is 12.0. The van der Waals surface area contributed by atoms with Gasteiger partial charge in [-0.1, -0.05) is 13.3 Å². The smallest absolute Gasteiger partial charge is 0.0228 e. The molecule has 0 aromatic rings. The number of hydrogen-bond acceptors (Lipinski definition) is 0. The molecule has 0 unspecified atom stereocenters. The molecule has 0 amide bonds. The first-order valence-corrected chi connectivity index (χ1v) is 6.03. The van der Waals surface area contributed by atoms with Crippen molar-refractivity contribution in [2.75, 3.05) is 17.6 Å². The van der Waals surface area contributed by atoms with Gasteiger partial charge in [-0.2, -0.15) is 0 Å². The van der Waals surface area contributed by atoms with Crippen molar-refractivity contribution in [1.29, 1.82) is 0 Å². The van der Waals surface area contributed by atoms with E-state index < -0.39 is 0 Å². The number of hydrogen-bond donors (Lipinski definition) is 0. The average Bonchev–Trinajstić information content (AvgIpc) is 2.06. The van der Waals surface area contributed by atoms with Crippen molar-refractivity contribution < 1.29 is 0 Å². The highest BCUT2D eigenvalue weighted by Crippen LogP contribution is 2.35. The molecule has 0 spiro atoms. The molecule has 74 valence electrons. The monoisotopic (exact) mass is 230 g/mol. The maximum Gasteiger partial charge on any atom is 0.0228 e. The standard InChI is InChI=1S/C9H17Cl3/c1-2-9(3-6-10,4-7-11)5-8-12/h2-8H2,1H3. The minimum Gasteiger partial charge on any atom is -0.127 e. The van der Waals surface area contributed by atoms with Crippen LogP contribution in [-0.2, 0) is 0 Å². The van der Waals surface area contributed by atoms with Crippen LogP contribution in [0, 0.1) is 5.41 Å². The minimum atomic E-state index is 0.297. The Morgan fingerprint density at radius 2 is 1.17 bits per heavy atom. The zero-order valence-electron chi connectivity index (χ0n) is 7.58. The van der Waals surface area contributed by atoms with Crippen molar-refractivity contribution in [3.63, 3.8) is 0 Å². The Morgan fingerprint density at radius 3 is 1.33 bits per heavy atom. The van der Waals surface area contributed by atoms with Gasteiger partial charge in [0.1, 0.15) is 0 Å². The summed E-state index contributed by atoms with van der Waals surface area (Å²) in [5.41, 5.74) is 0.297. The van der Waals surface area contributed by atoms with Crippen LogP contribution in [0.1, 0.15) is 32.6 Å². The van der Waals surface area contributed by atoms with Gasteiger partial charge in [0.15, 0.2) is 0 Å². The van der Waals surface area contributed by atoms with Crippen LogP contribution < -0.4 is 0 Å². The van der Waals surface area contributed by atoms with Gasteiger partial charge in [0.05, 0.1) is 0 Å². The molecule has 0 aliphatic carbocycles. The molecule has 12 heavy (non-hydrogen) atoms. The van der Waals surface area contributed by atoms with E-state index in [0.29, 0.717) is 23.1 Å². The molecule has 0 aliphatic heterocycles. The third-order valence-electron chi connectivity index (χ3n) is 2.62. The van der Waals surface area contributed by atoms with Gasteiger partial charge in [-0.15, -0.1) is 34.8 Å². The average molecular weight is 232 g/mol. The molecule has 0 heterocycles. The molecule has 0 aliphatic rings. The SMILES string of the molecule is CCC(CCCl)(CCCl)CCCl. The molecule has 0 saturated heterocycles. The van der Waals surface area contributed by atoms with E-state index in [4.69, 9.17) is 34.8 Å². The molecule has 0 atom stereocenters. The second-order valence-corrected chi connectivity index (χ2v) is 4.30. The number of alkyl halides is 3. The molecule has 3 heteroatoms. The van der Waals surface area contributed by atoms with E-state index in [-0.39, 0.29) is 0 Å². The lowest BCUT2D eigenvalue weighted by Crippen LogP contribution is -2.22. The van der Waals surface area contributed by atoms with Crippen LogP contribution in [0.25, 0.3) is 0 Å². The third kappa shape index (κ3) is 4.20. The van der Waals surface area contributed by atoms with Crippen molar-refractivity contribution in [1.82, 2.24) is 0 Å². The molecule has 0 N–H and O–H groups in total. The molecule has 0 saturated carbocycles. The van der Waals surface area contributed by atoms with E-state index in [9.17, 15) is 0 Å². The molecule has 0 rings (SSSR count). The zero-order chi connectivity index (χ0) is 9.45. The molecule has 0 radical (unpaired) electrons. The highest BCUT2D eigenvalue weighted by molar-refractivity contribution is 6.18. The Bertz CT molecular complexity index is 86.9. The first kappa shape index (κ1) is 12.9. The molecule has 0 bridgehead atoms. The summed E-state index contributed by atoms with van der Waals surface area (Å²) in [4.78, 5) is 0. The molecule has 0 aromatic carbocycles. The van der Waals surface area contributed by atoms with Crippen LogP contribution in [-0.4, -0.2) is 17.6 Å². The van der Waals surface area contributed by atoms with E-state index >= 15 is 0 Å². The van der Waals surface area contributed by atoms with Crippen LogP contribution in [0.3, 0.4) is 0 Å². The maximum atomic E-state index is 5.75. The Kier molecular flexibility index (Phi) is 7.82. The summed E-state index contributed by atoms with van der Waals surface area (Å²) in [6.07, 6.45) is 4.22. The lowest BCUT2D eigenvalue weighted by molar-refractivity contribution is 0.245. The summed E-state index contributed by atoms with van der Waals surface area (Å²) in [7, 11) is 0. The van der Waals surface area contributed by atoms with Crippen molar-refractivity contribution in [3.05, 3.63) is 0 Å².